The van der Waals surface area contributed by atoms with Gasteiger partial charge < -0.3 is 14.5 Å². The fourth-order valence-corrected chi connectivity index (χ4v) is 2.34. The summed E-state index contributed by atoms with van der Waals surface area (Å²) in [5, 5.41) is 3.29. The van der Waals surface area contributed by atoms with E-state index in [9.17, 15) is 9.59 Å². The zero-order valence-corrected chi connectivity index (χ0v) is 13.6. The van der Waals surface area contributed by atoms with Gasteiger partial charge in [0, 0.05) is 18.1 Å². The quantitative estimate of drug-likeness (QED) is 0.737. The molecular formula is C17H14ClN3O3. The molecule has 6 nitrogen and oxygen atoms in total. The topological polar surface area (TPSA) is 72.7 Å². The van der Waals surface area contributed by atoms with E-state index >= 15 is 0 Å². The number of amides is 1. The van der Waals surface area contributed by atoms with Crippen LogP contribution in [-0.2, 0) is 4.74 Å². The molecule has 0 bridgehead atoms. The third kappa shape index (κ3) is 3.38. The molecule has 0 unspecified atom stereocenters. The first kappa shape index (κ1) is 16.0. The zero-order chi connectivity index (χ0) is 17.1. The number of aromatic nitrogens is 2. The molecule has 0 saturated heterocycles. The van der Waals surface area contributed by atoms with Gasteiger partial charge >= 0.3 is 5.97 Å². The SMILES string of the molecule is CCOC(=O)c1ccc(NC(=O)c2cn3cc(Cl)ccc3n2)cc1. The van der Waals surface area contributed by atoms with Gasteiger partial charge in [-0.3, -0.25) is 4.79 Å². The summed E-state index contributed by atoms with van der Waals surface area (Å²) in [5.74, 6) is -0.744. The van der Waals surface area contributed by atoms with Crippen LogP contribution in [0.3, 0.4) is 0 Å². The molecule has 7 heteroatoms. The molecule has 0 fully saturated rings. The van der Waals surface area contributed by atoms with Gasteiger partial charge in [-0.15, -0.1) is 0 Å². The summed E-state index contributed by atoms with van der Waals surface area (Å²) in [7, 11) is 0. The number of anilines is 1. The van der Waals surface area contributed by atoms with E-state index in [4.69, 9.17) is 16.3 Å². The van der Waals surface area contributed by atoms with Crippen molar-refractivity contribution < 1.29 is 14.3 Å². The maximum atomic E-state index is 12.3. The number of benzene rings is 1. The highest BCUT2D eigenvalue weighted by Gasteiger charge is 2.12. The van der Waals surface area contributed by atoms with Crippen LogP contribution in [0, 0.1) is 0 Å². The maximum absolute atomic E-state index is 12.3. The van der Waals surface area contributed by atoms with Crippen LogP contribution in [0.15, 0.2) is 48.8 Å². The summed E-state index contributed by atoms with van der Waals surface area (Å²) in [6.07, 6.45) is 3.28. The average Bonchev–Trinajstić information content (AvgIpc) is 2.99. The number of ether oxygens (including phenoxy) is 1. The normalized spacial score (nSPS) is 10.6. The van der Waals surface area contributed by atoms with E-state index in [0.717, 1.165) is 0 Å². The number of hydrogen-bond donors (Lipinski definition) is 1. The average molecular weight is 344 g/mol. The lowest BCUT2D eigenvalue weighted by Crippen LogP contribution is -2.12. The largest absolute Gasteiger partial charge is 0.462 e. The van der Waals surface area contributed by atoms with Crippen LogP contribution in [0.25, 0.3) is 5.65 Å². The molecule has 24 heavy (non-hydrogen) atoms. The summed E-state index contributed by atoms with van der Waals surface area (Å²) < 4.78 is 6.59. The van der Waals surface area contributed by atoms with Crippen molar-refractivity contribution in [3.8, 4) is 0 Å². The Bertz CT molecular complexity index is 903. The molecule has 2 aromatic heterocycles. The first-order chi connectivity index (χ1) is 11.6. The molecule has 1 aromatic carbocycles. The summed E-state index contributed by atoms with van der Waals surface area (Å²) in [4.78, 5) is 28.1. The van der Waals surface area contributed by atoms with Crippen molar-refractivity contribution in [2.24, 2.45) is 0 Å². The van der Waals surface area contributed by atoms with Gasteiger partial charge in [-0.2, -0.15) is 0 Å². The monoisotopic (exact) mass is 343 g/mol. The lowest BCUT2D eigenvalue weighted by atomic mass is 10.2. The minimum absolute atomic E-state index is 0.270. The number of halogens is 1. The smallest absolute Gasteiger partial charge is 0.338 e. The van der Waals surface area contributed by atoms with Crippen molar-refractivity contribution in [1.82, 2.24) is 9.38 Å². The molecule has 3 aromatic rings. The molecule has 0 radical (unpaired) electrons. The molecule has 0 aliphatic carbocycles. The van der Waals surface area contributed by atoms with Crippen molar-refractivity contribution in [2.75, 3.05) is 11.9 Å². The molecule has 3 rings (SSSR count). The molecule has 1 amide bonds. The Morgan fingerprint density at radius 1 is 1.17 bits per heavy atom. The van der Waals surface area contributed by atoms with Crippen LogP contribution in [0.2, 0.25) is 5.02 Å². The second-order valence-electron chi connectivity index (χ2n) is 4.99. The van der Waals surface area contributed by atoms with Crippen molar-refractivity contribution in [1.29, 1.82) is 0 Å². The van der Waals surface area contributed by atoms with E-state index in [1.807, 2.05) is 0 Å². The first-order valence-electron chi connectivity index (χ1n) is 7.29. The molecule has 2 heterocycles. The predicted octanol–water partition coefficient (Wildman–Crippen LogP) is 3.42. The Kier molecular flexibility index (Phi) is 4.48. The van der Waals surface area contributed by atoms with E-state index < -0.39 is 5.97 Å². The number of fused-ring (bicyclic) bond motifs is 1. The van der Waals surface area contributed by atoms with E-state index in [-0.39, 0.29) is 11.6 Å². The second-order valence-corrected chi connectivity index (χ2v) is 5.43. The number of imidazole rings is 1. The third-order valence-corrected chi connectivity index (χ3v) is 3.53. The van der Waals surface area contributed by atoms with Crippen LogP contribution in [0.5, 0.6) is 0 Å². The number of nitrogens with zero attached hydrogens (tertiary/aromatic N) is 2. The molecule has 0 spiro atoms. The van der Waals surface area contributed by atoms with Crippen molar-refractivity contribution in [3.05, 3.63) is 65.1 Å². The lowest BCUT2D eigenvalue weighted by molar-refractivity contribution is 0.0526. The molecule has 0 aliphatic rings. The number of hydrogen-bond acceptors (Lipinski definition) is 4. The zero-order valence-electron chi connectivity index (χ0n) is 12.8. The standard InChI is InChI=1S/C17H14ClN3O3/c1-2-24-17(23)11-3-6-13(7-4-11)19-16(22)14-10-21-9-12(18)5-8-15(21)20-14/h3-10H,2H2,1H3,(H,19,22). The van der Waals surface area contributed by atoms with Crippen LogP contribution in [-0.4, -0.2) is 27.9 Å². The van der Waals surface area contributed by atoms with Gasteiger partial charge in [-0.1, -0.05) is 11.6 Å². The fraction of sp³-hybridized carbons (Fsp3) is 0.118. The van der Waals surface area contributed by atoms with Gasteiger partial charge in [0.05, 0.1) is 17.2 Å². The first-order valence-corrected chi connectivity index (χ1v) is 7.67. The molecule has 1 N–H and O–H groups in total. The van der Waals surface area contributed by atoms with Crippen molar-refractivity contribution in [3.63, 3.8) is 0 Å². The fourth-order valence-electron chi connectivity index (χ4n) is 2.17. The van der Waals surface area contributed by atoms with Gasteiger partial charge in [-0.05, 0) is 43.3 Å². The highest BCUT2D eigenvalue weighted by molar-refractivity contribution is 6.30. The summed E-state index contributed by atoms with van der Waals surface area (Å²) in [6.45, 7) is 2.06. The number of esters is 1. The molecule has 0 saturated carbocycles. The number of pyridine rings is 1. The maximum Gasteiger partial charge on any atom is 0.338 e. The van der Waals surface area contributed by atoms with Gasteiger partial charge in [0.15, 0.2) is 0 Å². The Morgan fingerprint density at radius 2 is 1.92 bits per heavy atom. The van der Waals surface area contributed by atoms with E-state index in [1.54, 1.807) is 60.1 Å². The highest BCUT2D eigenvalue weighted by atomic mass is 35.5. The van der Waals surface area contributed by atoms with Crippen LogP contribution in [0.1, 0.15) is 27.8 Å². The van der Waals surface area contributed by atoms with Crippen molar-refractivity contribution >= 4 is 34.8 Å². The van der Waals surface area contributed by atoms with Gasteiger partial charge in [0.2, 0.25) is 0 Å². The predicted molar refractivity (Wildman–Crippen MR) is 90.6 cm³/mol. The second kappa shape index (κ2) is 6.72. The molecular weight excluding hydrogens is 330 g/mol. The number of carbonyl (C=O) groups excluding carboxylic acids is 2. The van der Waals surface area contributed by atoms with E-state index in [2.05, 4.69) is 10.3 Å². The van der Waals surface area contributed by atoms with Gasteiger partial charge in [0.25, 0.3) is 5.91 Å². The Balaban J connectivity index is 1.74. The van der Waals surface area contributed by atoms with Gasteiger partial charge in [-0.25, -0.2) is 9.78 Å². The molecule has 0 aliphatic heterocycles. The van der Waals surface area contributed by atoms with Gasteiger partial charge in [0.1, 0.15) is 11.3 Å². The van der Waals surface area contributed by atoms with E-state index in [0.29, 0.717) is 28.5 Å². The number of rotatable bonds is 4. The highest BCUT2D eigenvalue weighted by Crippen LogP contribution is 2.14. The summed E-state index contributed by atoms with van der Waals surface area (Å²) >= 11 is 5.91. The summed E-state index contributed by atoms with van der Waals surface area (Å²) in [5.41, 5.74) is 1.88. The molecule has 0 atom stereocenters. The Morgan fingerprint density at radius 3 is 2.62 bits per heavy atom. The Hall–Kier alpha value is -2.86. The van der Waals surface area contributed by atoms with Crippen molar-refractivity contribution in [2.45, 2.75) is 6.92 Å². The van der Waals surface area contributed by atoms with E-state index in [1.165, 1.54) is 0 Å². The number of nitrogens with one attached hydrogen (secondary N) is 1. The molecule has 122 valence electrons. The minimum Gasteiger partial charge on any atom is -0.462 e. The minimum atomic E-state index is -0.396. The third-order valence-electron chi connectivity index (χ3n) is 3.30. The van der Waals surface area contributed by atoms with Crippen LogP contribution >= 0.6 is 11.6 Å². The number of carbonyl (C=O) groups is 2. The van der Waals surface area contributed by atoms with Crippen LogP contribution < -0.4 is 5.32 Å². The van der Waals surface area contributed by atoms with Crippen LogP contribution in [0.4, 0.5) is 5.69 Å². The summed E-state index contributed by atoms with van der Waals surface area (Å²) in [6, 6.07) is 9.90. The lowest BCUT2D eigenvalue weighted by Gasteiger charge is -2.05. The Labute approximate surface area is 143 Å².